The first-order valence-corrected chi connectivity index (χ1v) is 5.45. The van der Waals surface area contributed by atoms with Gasteiger partial charge >= 0.3 is 5.97 Å². The fraction of sp³-hybridized carbons (Fsp3) is 0. The highest BCUT2D eigenvalue weighted by molar-refractivity contribution is 5.94. The molecule has 0 bridgehead atoms. The third-order valence-corrected chi connectivity index (χ3v) is 2.65. The zero-order valence-electron chi connectivity index (χ0n) is 9.83. The number of hydrogen-bond donors (Lipinski definition) is 3. The standard InChI is InChI=1S/C14H11NO4/c15-13(17)9-3-1-2-8(4-9)10-5-11(14(18)19)7-12(16)6-10/h1-7,16H,(H2,15,17)(H,18,19). The van der Waals surface area contributed by atoms with E-state index in [9.17, 15) is 14.7 Å². The molecule has 0 saturated carbocycles. The van der Waals surface area contributed by atoms with Crippen molar-refractivity contribution in [1.82, 2.24) is 0 Å². The van der Waals surface area contributed by atoms with Gasteiger partial charge in [-0.15, -0.1) is 0 Å². The number of primary amides is 1. The Morgan fingerprint density at radius 1 is 0.947 bits per heavy atom. The van der Waals surface area contributed by atoms with Crippen molar-refractivity contribution in [2.75, 3.05) is 0 Å². The number of benzene rings is 2. The molecule has 96 valence electrons. The second-order valence-electron chi connectivity index (χ2n) is 4.02. The Balaban J connectivity index is 2.55. The van der Waals surface area contributed by atoms with E-state index in [1.807, 2.05) is 0 Å². The molecule has 5 nitrogen and oxygen atoms in total. The summed E-state index contributed by atoms with van der Waals surface area (Å²) in [7, 11) is 0. The molecule has 0 atom stereocenters. The van der Waals surface area contributed by atoms with Crippen LogP contribution in [0.25, 0.3) is 11.1 Å². The first-order chi connectivity index (χ1) is 8.97. The molecule has 0 spiro atoms. The molecule has 0 aliphatic carbocycles. The SMILES string of the molecule is NC(=O)c1cccc(-c2cc(O)cc(C(=O)O)c2)c1. The molecule has 0 saturated heterocycles. The topological polar surface area (TPSA) is 101 Å². The minimum atomic E-state index is -1.14. The van der Waals surface area contributed by atoms with Crippen molar-refractivity contribution in [3.05, 3.63) is 53.6 Å². The van der Waals surface area contributed by atoms with Crippen molar-refractivity contribution in [3.8, 4) is 16.9 Å². The average Bonchev–Trinajstić information content (AvgIpc) is 2.38. The third-order valence-electron chi connectivity index (χ3n) is 2.65. The highest BCUT2D eigenvalue weighted by atomic mass is 16.4. The Bertz CT molecular complexity index is 664. The van der Waals surface area contributed by atoms with E-state index in [0.717, 1.165) is 6.07 Å². The first-order valence-electron chi connectivity index (χ1n) is 5.45. The minimum absolute atomic E-state index is 0.0283. The maximum Gasteiger partial charge on any atom is 0.335 e. The number of rotatable bonds is 3. The van der Waals surface area contributed by atoms with E-state index < -0.39 is 11.9 Å². The van der Waals surface area contributed by atoms with E-state index in [0.29, 0.717) is 16.7 Å². The van der Waals surface area contributed by atoms with Gasteiger partial charge in [-0.25, -0.2) is 4.79 Å². The maximum atomic E-state index is 11.1. The molecule has 5 heteroatoms. The summed E-state index contributed by atoms with van der Waals surface area (Å²) in [5, 5.41) is 18.5. The number of carboxylic acid groups (broad SMARTS) is 1. The van der Waals surface area contributed by atoms with Crippen LogP contribution in [0.15, 0.2) is 42.5 Å². The smallest absolute Gasteiger partial charge is 0.335 e. The third kappa shape index (κ3) is 2.71. The summed E-state index contributed by atoms with van der Waals surface area (Å²) in [5.74, 6) is -1.86. The van der Waals surface area contributed by atoms with Crippen LogP contribution in [-0.2, 0) is 0 Å². The van der Waals surface area contributed by atoms with Crippen LogP contribution in [0.2, 0.25) is 0 Å². The zero-order valence-corrected chi connectivity index (χ0v) is 9.83. The van der Waals surface area contributed by atoms with Crippen molar-refractivity contribution in [2.24, 2.45) is 5.73 Å². The van der Waals surface area contributed by atoms with Crippen molar-refractivity contribution in [2.45, 2.75) is 0 Å². The van der Waals surface area contributed by atoms with Crippen LogP contribution in [0.4, 0.5) is 0 Å². The Morgan fingerprint density at radius 3 is 2.26 bits per heavy atom. The van der Waals surface area contributed by atoms with Crippen LogP contribution in [0.3, 0.4) is 0 Å². The Kier molecular flexibility index (Phi) is 3.20. The minimum Gasteiger partial charge on any atom is -0.508 e. The molecule has 0 fully saturated rings. The molecule has 1 amide bonds. The van der Waals surface area contributed by atoms with Gasteiger partial charge in [0.05, 0.1) is 5.56 Å². The molecule has 0 aromatic heterocycles. The highest BCUT2D eigenvalue weighted by Gasteiger charge is 2.09. The highest BCUT2D eigenvalue weighted by Crippen LogP contribution is 2.26. The second-order valence-corrected chi connectivity index (χ2v) is 4.02. The van der Waals surface area contributed by atoms with Crippen molar-refractivity contribution >= 4 is 11.9 Å². The maximum absolute atomic E-state index is 11.1. The number of aromatic hydroxyl groups is 1. The fourth-order valence-electron chi connectivity index (χ4n) is 1.75. The van der Waals surface area contributed by atoms with E-state index >= 15 is 0 Å². The summed E-state index contributed by atoms with van der Waals surface area (Å²) in [5.41, 5.74) is 6.58. The first kappa shape index (κ1) is 12.6. The fourth-order valence-corrected chi connectivity index (χ4v) is 1.75. The molecule has 0 aliphatic rings. The second kappa shape index (κ2) is 4.81. The van der Waals surface area contributed by atoms with Gasteiger partial charge in [-0.3, -0.25) is 4.79 Å². The van der Waals surface area contributed by atoms with Crippen LogP contribution in [0, 0.1) is 0 Å². The molecule has 2 aromatic carbocycles. The number of nitrogens with two attached hydrogens (primary N) is 1. The summed E-state index contributed by atoms with van der Waals surface area (Å²) >= 11 is 0. The molecule has 19 heavy (non-hydrogen) atoms. The van der Waals surface area contributed by atoms with Crippen LogP contribution >= 0.6 is 0 Å². The van der Waals surface area contributed by atoms with E-state index in [-0.39, 0.29) is 11.3 Å². The molecular formula is C14H11NO4. The molecule has 4 N–H and O–H groups in total. The lowest BCUT2D eigenvalue weighted by Crippen LogP contribution is -2.10. The van der Waals surface area contributed by atoms with Gasteiger partial charge in [0.1, 0.15) is 5.75 Å². The summed E-state index contributed by atoms with van der Waals surface area (Å²) in [6.45, 7) is 0. The normalized spacial score (nSPS) is 10.1. The van der Waals surface area contributed by atoms with E-state index in [1.165, 1.54) is 12.1 Å². The quantitative estimate of drug-likeness (QED) is 0.781. The number of carbonyl (C=O) groups excluding carboxylic acids is 1. The van der Waals surface area contributed by atoms with Gasteiger partial charge in [-0.05, 0) is 41.5 Å². The van der Waals surface area contributed by atoms with Crippen LogP contribution in [-0.4, -0.2) is 22.1 Å². The molecule has 2 aromatic rings. The summed E-state index contributed by atoms with van der Waals surface area (Å²) in [6.07, 6.45) is 0. The number of carbonyl (C=O) groups is 2. The molecule has 0 aliphatic heterocycles. The van der Waals surface area contributed by atoms with Crippen LogP contribution in [0.5, 0.6) is 5.75 Å². The lowest BCUT2D eigenvalue weighted by atomic mass is 10.0. The average molecular weight is 257 g/mol. The van der Waals surface area contributed by atoms with Gasteiger partial charge in [0.25, 0.3) is 0 Å². The van der Waals surface area contributed by atoms with Crippen molar-refractivity contribution < 1.29 is 19.8 Å². The number of amides is 1. The van der Waals surface area contributed by atoms with E-state index in [2.05, 4.69) is 0 Å². The summed E-state index contributed by atoms with van der Waals surface area (Å²) in [6, 6.07) is 10.4. The van der Waals surface area contributed by atoms with Crippen molar-refractivity contribution in [1.29, 1.82) is 0 Å². The zero-order chi connectivity index (χ0) is 14.0. The molecule has 2 rings (SSSR count). The van der Waals surface area contributed by atoms with Crippen LogP contribution < -0.4 is 5.73 Å². The van der Waals surface area contributed by atoms with Gasteiger partial charge in [0, 0.05) is 5.56 Å². The number of phenols is 1. The Hall–Kier alpha value is -2.82. The Labute approximate surface area is 108 Å². The van der Waals surface area contributed by atoms with Gasteiger partial charge in [0.2, 0.25) is 5.91 Å². The van der Waals surface area contributed by atoms with Gasteiger partial charge in [-0.1, -0.05) is 12.1 Å². The number of phenolic OH excluding ortho intramolecular Hbond substituents is 1. The van der Waals surface area contributed by atoms with E-state index in [1.54, 1.807) is 24.3 Å². The van der Waals surface area contributed by atoms with Crippen molar-refractivity contribution in [3.63, 3.8) is 0 Å². The van der Waals surface area contributed by atoms with E-state index in [4.69, 9.17) is 10.8 Å². The van der Waals surface area contributed by atoms with Crippen LogP contribution in [0.1, 0.15) is 20.7 Å². The Morgan fingerprint density at radius 2 is 1.63 bits per heavy atom. The lowest BCUT2D eigenvalue weighted by Gasteiger charge is -2.06. The number of carboxylic acids is 1. The largest absolute Gasteiger partial charge is 0.508 e. The molecule has 0 heterocycles. The van der Waals surface area contributed by atoms with Gasteiger partial charge in [0.15, 0.2) is 0 Å². The predicted octanol–water partition coefficient (Wildman–Crippen LogP) is 1.86. The molecule has 0 radical (unpaired) electrons. The molecular weight excluding hydrogens is 246 g/mol. The summed E-state index contributed by atoms with van der Waals surface area (Å²) < 4.78 is 0. The monoisotopic (exact) mass is 257 g/mol. The van der Waals surface area contributed by atoms with Gasteiger partial charge in [-0.2, -0.15) is 0 Å². The number of aromatic carboxylic acids is 1. The number of hydrogen-bond acceptors (Lipinski definition) is 3. The predicted molar refractivity (Wildman–Crippen MR) is 69.0 cm³/mol. The lowest BCUT2D eigenvalue weighted by molar-refractivity contribution is 0.0696. The molecule has 0 unspecified atom stereocenters. The summed E-state index contributed by atoms with van der Waals surface area (Å²) in [4.78, 5) is 22.0. The van der Waals surface area contributed by atoms with Gasteiger partial charge < -0.3 is 15.9 Å².